The number of nitrogens with two attached hydrogens (primary N) is 1. The number of fused-ring (bicyclic) bond motifs is 1. The molecule has 5 amide bonds. The molecule has 0 unspecified atom stereocenters. The summed E-state index contributed by atoms with van der Waals surface area (Å²) in [6.07, 6.45) is -0.420. The number of hydrogen-bond donors (Lipinski definition) is 3. The van der Waals surface area contributed by atoms with E-state index in [4.69, 9.17) is 10.6 Å². The van der Waals surface area contributed by atoms with Gasteiger partial charge in [0.1, 0.15) is 0 Å². The number of aliphatic imine (C=N–C) groups is 1. The van der Waals surface area contributed by atoms with Crippen LogP contribution >= 0.6 is 21.3 Å². The Morgan fingerprint density at radius 1 is 0.942 bits per heavy atom. The monoisotopic (exact) mass is 830 g/mol. The lowest BCUT2D eigenvalue weighted by molar-refractivity contribution is -0.217. The van der Waals surface area contributed by atoms with E-state index in [-0.39, 0.29) is 53.9 Å². The molecule has 0 atom stereocenters. The third-order valence-electron chi connectivity index (χ3n) is 8.69. The van der Waals surface area contributed by atoms with Crippen molar-refractivity contribution in [3.63, 3.8) is 0 Å². The van der Waals surface area contributed by atoms with Gasteiger partial charge < -0.3 is 24.1 Å². The molecule has 6 rings (SSSR count). The first-order valence-electron chi connectivity index (χ1n) is 16.2. The van der Waals surface area contributed by atoms with Crippen LogP contribution in [0.5, 0.6) is 0 Å². The van der Waals surface area contributed by atoms with Crippen molar-refractivity contribution in [2.45, 2.75) is 50.7 Å². The van der Waals surface area contributed by atoms with E-state index in [0.29, 0.717) is 34.9 Å². The molecule has 272 valence electrons. The van der Waals surface area contributed by atoms with Gasteiger partial charge in [0.2, 0.25) is 11.8 Å². The van der Waals surface area contributed by atoms with E-state index < -0.39 is 50.9 Å². The molecule has 4 N–H and O–H groups in total. The molecule has 3 aromatic rings. The first kappa shape index (κ1) is 36.5. The lowest BCUT2D eigenvalue weighted by atomic mass is 9.85. The highest BCUT2D eigenvalue weighted by atomic mass is 127. The number of amides is 5. The summed E-state index contributed by atoms with van der Waals surface area (Å²) in [5, 5.41) is 17.5. The summed E-state index contributed by atoms with van der Waals surface area (Å²) in [4.78, 5) is 60.1. The van der Waals surface area contributed by atoms with Crippen molar-refractivity contribution in [3.05, 3.63) is 107 Å². The maximum atomic E-state index is 13.8. The van der Waals surface area contributed by atoms with Crippen LogP contribution < -0.4 is 21.5 Å². The Labute approximate surface area is 306 Å². The molecular formula is C35H32F3IN7O6-. The van der Waals surface area contributed by atoms with Crippen LogP contribution in [0.25, 0.3) is 0 Å². The van der Waals surface area contributed by atoms with Gasteiger partial charge in [0.05, 0.1) is 35.0 Å². The Hall–Kier alpha value is -5.33. The second kappa shape index (κ2) is 15.5. The number of rotatable bonds is 10. The molecule has 52 heavy (non-hydrogen) atoms. The van der Waals surface area contributed by atoms with E-state index in [0.717, 1.165) is 37.8 Å². The number of carbonyl (C=O) groups is 4. The predicted molar refractivity (Wildman–Crippen MR) is 189 cm³/mol. The summed E-state index contributed by atoms with van der Waals surface area (Å²) in [5.41, 5.74) is 5.43. The van der Waals surface area contributed by atoms with E-state index in [1.807, 2.05) is 3.11 Å². The first-order chi connectivity index (χ1) is 24.8. The lowest BCUT2D eigenvalue weighted by Gasteiger charge is -2.35. The fourth-order valence-electron chi connectivity index (χ4n) is 6.30. The summed E-state index contributed by atoms with van der Waals surface area (Å²) in [7, 11) is 0. The van der Waals surface area contributed by atoms with Gasteiger partial charge in [0.15, 0.2) is 21.3 Å². The van der Waals surface area contributed by atoms with Crippen LogP contribution in [0.3, 0.4) is 0 Å². The Kier molecular flexibility index (Phi) is 10.9. The fraction of sp³-hybridized carbons (Fsp3) is 0.286. The average Bonchev–Trinajstić information content (AvgIpc) is 3.32. The lowest BCUT2D eigenvalue weighted by Crippen LogP contribution is -2.38. The molecule has 0 spiro atoms. The minimum Gasteiger partial charge on any atom is -0.861 e. The molecule has 3 aromatic carbocycles. The Morgan fingerprint density at radius 2 is 1.62 bits per heavy atom. The number of halogens is 4. The molecule has 1 saturated carbocycles. The van der Waals surface area contributed by atoms with Crippen LogP contribution in [0.2, 0.25) is 0 Å². The zero-order valence-electron chi connectivity index (χ0n) is 27.4. The molecule has 2 aliphatic heterocycles. The highest BCUT2D eigenvalue weighted by molar-refractivity contribution is 14.1. The molecule has 0 radical (unpaired) electrons. The Bertz CT molecular complexity index is 1960. The molecule has 0 saturated heterocycles. The van der Waals surface area contributed by atoms with E-state index >= 15 is 0 Å². The number of anilines is 1. The number of hydrogen-bond acceptors (Lipinski definition) is 9. The van der Waals surface area contributed by atoms with E-state index in [9.17, 15) is 37.5 Å². The zero-order valence-corrected chi connectivity index (χ0v) is 29.5. The fourth-order valence-corrected chi connectivity index (χ4v) is 8.09. The highest BCUT2D eigenvalue weighted by Crippen LogP contribution is 2.36. The number of nitrogens with one attached hydrogen (secondary N) is 2. The average molecular weight is 831 g/mol. The second-order valence-electron chi connectivity index (χ2n) is 12.5. The van der Waals surface area contributed by atoms with Crippen molar-refractivity contribution in [1.82, 2.24) is 13.3 Å². The van der Waals surface area contributed by atoms with Crippen molar-refractivity contribution >= 4 is 62.3 Å². The number of primary amides is 1. The molecule has 13 nitrogen and oxygen atoms in total. The van der Waals surface area contributed by atoms with Crippen molar-refractivity contribution in [2.24, 2.45) is 20.0 Å². The van der Waals surface area contributed by atoms with Crippen molar-refractivity contribution in [1.29, 1.82) is 0 Å². The molecule has 0 bridgehead atoms. The first-order valence-corrected chi connectivity index (χ1v) is 18.1. The van der Waals surface area contributed by atoms with Gasteiger partial charge in [0.25, 0.3) is 11.8 Å². The highest BCUT2D eigenvalue weighted by Gasteiger charge is 2.37. The summed E-state index contributed by atoms with van der Waals surface area (Å²) >= 11 is -0.930. The molecule has 17 heteroatoms. The SMILES string of the molecule is NC(=O)Cc1cccc(CC([O-])=Nc2cc(NC(=O)NC3=CN(C4CCC(CN5C(=O)c6ccccc6C5=O)CC4)I=NO3)cc(C(F)(F)F)c2)c1. The quantitative estimate of drug-likeness (QED) is 0.0798. The van der Waals surface area contributed by atoms with Gasteiger partial charge >= 0.3 is 12.2 Å². The van der Waals surface area contributed by atoms with Gasteiger partial charge in [-0.25, -0.2) is 4.79 Å². The van der Waals surface area contributed by atoms with E-state index in [1.54, 1.807) is 54.7 Å². The van der Waals surface area contributed by atoms with Gasteiger partial charge in [-0.05, 0) is 82.3 Å². The molecular weight excluding hydrogens is 798 g/mol. The Balaban J connectivity index is 1.06. The largest absolute Gasteiger partial charge is 0.861 e. The van der Waals surface area contributed by atoms with Crippen molar-refractivity contribution in [2.75, 3.05) is 11.9 Å². The van der Waals surface area contributed by atoms with Gasteiger partial charge in [0, 0.05) is 24.7 Å². The van der Waals surface area contributed by atoms with Crippen LogP contribution in [-0.2, 0) is 28.7 Å². The van der Waals surface area contributed by atoms with E-state index in [1.165, 1.54) is 4.90 Å². The smallest absolute Gasteiger partial charge is 0.416 e. The molecule has 1 aliphatic carbocycles. The number of nitrogens with zero attached hydrogens (tertiary/aromatic N) is 4. The summed E-state index contributed by atoms with van der Waals surface area (Å²) < 4.78 is 47.3. The number of benzene rings is 3. The summed E-state index contributed by atoms with van der Waals surface area (Å²) in [6, 6.07) is 15.0. The molecule has 1 fully saturated rings. The predicted octanol–water partition coefficient (Wildman–Crippen LogP) is 5.46. The third-order valence-corrected chi connectivity index (χ3v) is 10.6. The topological polar surface area (TPSA) is 182 Å². The summed E-state index contributed by atoms with van der Waals surface area (Å²) in [6.45, 7) is 0.343. The van der Waals surface area contributed by atoms with Crippen LogP contribution in [0.15, 0.2) is 87.1 Å². The Morgan fingerprint density at radius 3 is 2.27 bits per heavy atom. The molecule has 3 aliphatic rings. The van der Waals surface area contributed by atoms with Gasteiger partial charge in [-0.15, -0.1) is 0 Å². The number of imide groups is 1. The van der Waals surface area contributed by atoms with Crippen LogP contribution in [0.4, 0.5) is 29.3 Å². The second-order valence-corrected chi connectivity index (χ2v) is 14.4. The van der Waals surface area contributed by atoms with Crippen molar-refractivity contribution in [3.8, 4) is 0 Å². The minimum atomic E-state index is -4.80. The zero-order chi connectivity index (χ0) is 37.0. The number of alkyl halides is 3. The minimum absolute atomic E-state index is 0.0257. The third kappa shape index (κ3) is 8.93. The van der Waals surface area contributed by atoms with Crippen LogP contribution in [0, 0.1) is 5.92 Å². The van der Waals surface area contributed by atoms with Gasteiger partial charge in [-0.3, -0.25) is 29.6 Å². The standard InChI is InChI=1S/C35H33F3IN7O6/c36-35(37,38)23-15-24(41-30(48)14-22-5-3-4-21(12-22)13-29(40)47)17-25(16-23)42-34(51)43-31-19-46(39-44-52-31)26-10-8-20(9-11-26)18-45-32(49)27-6-1-2-7-28(27)33(45)50/h1-7,12,15-17,19-20,26H,8-11,13-14,18H2,(H2,40,47)(H,41,48)(H2,42,43,51)/p-1. The molecule has 0 aromatic heterocycles. The van der Waals surface area contributed by atoms with Crippen molar-refractivity contribution < 1.29 is 42.3 Å². The van der Waals surface area contributed by atoms with E-state index in [2.05, 4.69) is 18.9 Å². The normalized spacial score (nSPS) is 19.0. The maximum absolute atomic E-state index is 13.8. The van der Waals surface area contributed by atoms with Crippen LogP contribution in [-0.4, -0.2) is 50.3 Å². The van der Waals surface area contributed by atoms with Gasteiger partial charge in [-0.2, -0.15) is 13.2 Å². The number of carbonyl (C=O) groups excluding carboxylic acids is 4. The summed E-state index contributed by atoms with van der Waals surface area (Å²) in [5.74, 6) is -1.73. The number of urea groups is 1. The molecule has 2 heterocycles. The van der Waals surface area contributed by atoms with Crippen LogP contribution in [0.1, 0.15) is 63.1 Å². The maximum Gasteiger partial charge on any atom is 0.416 e. The van der Waals surface area contributed by atoms with Gasteiger partial charge in [-0.1, -0.05) is 36.4 Å².